The largest absolute Gasteiger partial charge is 0.457 e. The molecule has 4 nitrogen and oxygen atoms in total. The molecule has 1 heterocycles. The second kappa shape index (κ2) is 4.37. The van der Waals surface area contributed by atoms with E-state index in [0.29, 0.717) is 10.2 Å². The Hall–Kier alpha value is -0.810. The van der Waals surface area contributed by atoms with Crippen LogP contribution in [0.4, 0.5) is 0 Å². The van der Waals surface area contributed by atoms with Gasteiger partial charge in [-0.1, -0.05) is 0 Å². The van der Waals surface area contributed by atoms with Crippen LogP contribution in [0.1, 0.15) is 24.2 Å². The molecule has 84 valence electrons. The summed E-state index contributed by atoms with van der Waals surface area (Å²) in [6.07, 6.45) is 1.38. The highest BCUT2D eigenvalue weighted by molar-refractivity contribution is 9.10. The Bertz CT molecular complexity index is 354. The van der Waals surface area contributed by atoms with Gasteiger partial charge < -0.3 is 14.4 Å². The third kappa shape index (κ3) is 3.68. The molecular formula is C10H14BrNO3. The first kappa shape index (κ1) is 12.3. The number of hydrogen-bond acceptors (Lipinski definition) is 3. The van der Waals surface area contributed by atoms with Crippen LogP contribution in [-0.4, -0.2) is 35.1 Å². The average molecular weight is 276 g/mol. The fourth-order valence-electron chi connectivity index (χ4n) is 1.29. The molecule has 0 aliphatic carbocycles. The molecule has 0 atom stereocenters. The highest BCUT2D eigenvalue weighted by atomic mass is 79.9. The minimum Gasteiger partial charge on any atom is -0.457 e. The summed E-state index contributed by atoms with van der Waals surface area (Å²) in [5.74, 6) is -0.174. The Morgan fingerprint density at radius 3 is 2.67 bits per heavy atom. The van der Waals surface area contributed by atoms with Crippen molar-refractivity contribution in [1.29, 1.82) is 0 Å². The molecular weight excluding hydrogens is 262 g/mol. The predicted octanol–water partition coefficient (Wildman–Crippen LogP) is 1.89. The third-order valence-corrected chi connectivity index (χ3v) is 2.20. The molecule has 0 aliphatic rings. The number of amides is 1. The van der Waals surface area contributed by atoms with Crippen LogP contribution >= 0.6 is 15.9 Å². The first-order valence-corrected chi connectivity index (χ1v) is 5.31. The molecule has 0 unspecified atom stereocenters. The molecule has 15 heavy (non-hydrogen) atoms. The minimum absolute atomic E-state index is 0.174. The minimum atomic E-state index is -0.897. The molecule has 1 rings (SSSR count). The lowest BCUT2D eigenvalue weighted by molar-refractivity contribution is 0.0367. The smallest absolute Gasteiger partial charge is 0.256 e. The van der Waals surface area contributed by atoms with Crippen molar-refractivity contribution in [3.05, 3.63) is 22.6 Å². The number of aliphatic hydroxyl groups is 1. The quantitative estimate of drug-likeness (QED) is 0.917. The summed E-state index contributed by atoms with van der Waals surface area (Å²) in [6.45, 7) is 3.58. The van der Waals surface area contributed by atoms with Gasteiger partial charge in [0.05, 0.1) is 11.2 Å². The van der Waals surface area contributed by atoms with E-state index in [1.54, 1.807) is 27.0 Å². The molecule has 0 radical (unpaired) electrons. The summed E-state index contributed by atoms with van der Waals surface area (Å²) < 4.78 is 5.49. The molecule has 5 heteroatoms. The van der Waals surface area contributed by atoms with Crippen molar-refractivity contribution in [1.82, 2.24) is 4.90 Å². The van der Waals surface area contributed by atoms with Crippen LogP contribution in [0.2, 0.25) is 0 Å². The normalized spacial score (nSPS) is 11.5. The maximum Gasteiger partial charge on any atom is 0.256 e. The van der Waals surface area contributed by atoms with Gasteiger partial charge in [0.1, 0.15) is 6.26 Å². The molecule has 1 amide bonds. The van der Waals surface area contributed by atoms with E-state index in [1.807, 2.05) is 0 Å². The van der Waals surface area contributed by atoms with Crippen LogP contribution in [0.3, 0.4) is 0 Å². The van der Waals surface area contributed by atoms with Gasteiger partial charge in [-0.2, -0.15) is 0 Å². The topological polar surface area (TPSA) is 53.7 Å². The standard InChI is InChI=1S/C10H14BrNO3/c1-10(2,14)6-12(3)9(13)7-4-8(11)15-5-7/h4-5,14H,6H2,1-3H3. The van der Waals surface area contributed by atoms with E-state index >= 15 is 0 Å². The summed E-state index contributed by atoms with van der Waals surface area (Å²) in [6, 6.07) is 1.60. The monoisotopic (exact) mass is 275 g/mol. The molecule has 1 N–H and O–H groups in total. The Balaban J connectivity index is 2.69. The highest BCUT2D eigenvalue weighted by Gasteiger charge is 2.21. The SMILES string of the molecule is CN(CC(C)(C)O)C(=O)c1coc(Br)c1. The van der Waals surface area contributed by atoms with Crippen LogP contribution in [0.25, 0.3) is 0 Å². The number of furan rings is 1. The summed E-state index contributed by atoms with van der Waals surface area (Å²) in [5.41, 5.74) is -0.431. The molecule has 0 spiro atoms. The van der Waals surface area contributed by atoms with Crippen LogP contribution in [-0.2, 0) is 0 Å². The van der Waals surface area contributed by atoms with Crippen molar-refractivity contribution in [2.45, 2.75) is 19.4 Å². The lowest BCUT2D eigenvalue weighted by atomic mass is 10.1. The predicted molar refractivity (Wildman–Crippen MR) is 59.7 cm³/mol. The van der Waals surface area contributed by atoms with Crippen molar-refractivity contribution >= 4 is 21.8 Å². The number of hydrogen-bond donors (Lipinski definition) is 1. The van der Waals surface area contributed by atoms with E-state index in [-0.39, 0.29) is 12.5 Å². The van der Waals surface area contributed by atoms with Gasteiger partial charge in [0.2, 0.25) is 0 Å². The number of carbonyl (C=O) groups is 1. The lowest BCUT2D eigenvalue weighted by Crippen LogP contribution is -2.39. The number of carbonyl (C=O) groups excluding carboxylic acids is 1. The summed E-state index contributed by atoms with van der Waals surface area (Å²) in [7, 11) is 1.64. The van der Waals surface area contributed by atoms with Gasteiger partial charge in [-0.05, 0) is 29.8 Å². The zero-order valence-corrected chi connectivity index (χ0v) is 10.5. The van der Waals surface area contributed by atoms with Gasteiger partial charge >= 0.3 is 0 Å². The van der Waals surface area contributed by atoms with E-state index in [1.165, 1.54) is 11.2 Å². The Morgan fingerprint density at radius 2 is 2.27 bits per heavy atom. The van der Waals surface area contributed by atoms with Gasteiger partial charge in [0, 0.05) is 19.7 Å². The maximum atomic E-state index is 11.8. The molecule has 1 aromatic heterocycles. The molecule has 0 saturated carbocycles. The zero-order valence-electron chi connectivity index (χ0n) is 8.95. The van der Waals surface area contributed by atoms with Crippen LogP contribution in [0.5, 0.6) is 0 Å². The fourth-order valence-corrected chi connectivity index (χ4v) is 1.63. The Labute approximate surface area is 97.0 Å². The van der Waals surface area contributed by atoms with Crippen LogP contribution in [0, 0.1) is 0 Å². The van der Waals surface area contributed by atoms with Crippen molar-refractivity contribution in [3.8, 4) is 0 Å². The van der Waals surface area contributed by atoms with Crippen LogP contribution in [0.15, 0.2) is 21.4 Å². The van der Waals surface area contributed by atoms with E-state index < -0.39 is 5.60 Å². The van der Waals surface area contributed by atoms with Crippen molar-refractivity contribution < 1.29 is 14.3 Å². The summed E-state index contributed by atoms with van der Waals surface area (Å²) in [4.78, 5) is 13.2. The zero-order chi connectivity index (χ0) is 11.6. The maximum absolute atomic E-state index is 11.8. The molecule has 0 aromatic carbocycles. The molecule has 0 aliphatic heterocycles. The van der Waals surface area contributed by atoms with Gasteiger partial charge in [-0.3, -0.25) is 4.79 Å². The first-order chi connectivity index (χ1) is 6.79. The van der Waals surface area contributed by atoms with Gasteiger partial charge in [-0.15, -0.1) is 0 Å². The average Bonchev–Trinajstić information content (AvgIpc) is 2.47. The van der Waals surface area contributed by atoms with Crippen molar-refractivity contribution in [3.63, 3.8) is 0 Å². The van der Waals surface area contributed by atoms with E-state index in [2.05, 4.69) is 15.9 Å². The number of rotatable bonds is 3. The van der Waals surface area contributed by atoms with Gasteiger partial charge in [0.15, 0.2) is 4.67 Å². The third-order valence-electron chi connectivity index (χ3n) is 1.79. The summed E-state index contributed by atoms with van der Waals surface area (Å²) in [5, 5.41) is 9.56. The molecule has 0 saturated heterocycles. The number of likely N-dealkylation sites (N-methyl/N-ethyl adjacent to an activating group) is 1. The number of nitrogens with zero attached hydrogens (tertiary/aromatic N) is 1. The second-order valence-corrected chi connectivity index (χ2v) is 4.89. The van der Waals surface area contributed by atoms with E-state index in [9.17, 15) is 9.90 Å². The lowest BCUT2D eigenvalue weighted by Gasteiger charge is -2.25. The molecule has 0 fully saturated rings. The van der Waals surface area contributed by atoms with Crippen molar-refractivity contribution in [2.24, 2.45) is 0 Å². The highest BCUT2D eigenvalue weighted by Crippen LogP contribution is 2.16. The Kier molecular flexibility index (Phi) is 3.57. The molecule has 0 bridgehead atoms. The van der Waals surface area contributed by atoms with Gasteiger partial charge in [0.25, 0.3) is 5.91 Å². The molecule has 1 aromatic rings. The van der Waals surface area contributed by atoms with Crippen molar-refractivity contribution in [2.75, 3.05) is 13.6 Å². The van der Waals surface area contributed by atoms with Crippen LogP contribution < -0.4 is 0 Å². The van der Waals surface area contributed by atoms with E-state index in [4.69, 9.17) is 4.42 Å². The van der Waals surface area contributed by atoms with E-state index in [0.717, 1.165) is 0 Å². The number of halogens is 1. The Morgan fingerprint density at radius 1 is 1.67 bits per heavy atom. The van der Waals surface area contributed by atoms with Gasteiger partial charge in [-0.25, -0.2) is 0 Å². The first-order valence-electron chi connectivity index (χ1n) is 4.51. The fraction of sp³-hybridized carbons (Fsp3) is 0.500. The second-order valence-electron chi connectivity index (χ2n) is 4.11. The summed E-state index contributed by atoms with van der Waals surface area (Å²) >= 11 is 3.12.